The van der Waals surface area contributed by atoms with Crippen molar-refractivity contribution in [1.82, 2.24) is 10.6 Å². The van der Waals surface area contributed by atoms with Crippen LogP contribution in [0, 0.1) is 0 Å². The summed E-state index contributed by atoms with van der Waals surface area (Å²) >= 11 is 3.69. The molecule has 5 heteroatoms. The summed E-state index contributed by atoms with van der Waals surface area (Å²) in [5.41, 5.74) is 0. The van der Waals surface area contributed by atoms with Gasteiger partial charge in [-0.25, -0.2) is 0 Å². The molecule has 1 saturated carbocycles. The van der Waals surface area contributed by atoms with Gasteiger partial charge in [0.05, 0.1) is 6.04 Å². The number of benzene rings is 1. The van der Waals surface area contributed by atoms with Gasteiger partial charge in [0.2, 0.25) is 5.91 Å². The van der Waals surface area contributed by atoms with E-state index < -0.39 is 0 Å². The summed E-state index contributed by atoms with van der Waals surface area (Å²) in [7, 11) is 0. The van der Waals surface area contributed by atoms with E-state index in [1.807, 2.05) is 17.8 Å². The van der Waals surface area contributed by atoms with Gasteiger partial charge in [-0.2, -0.15) is 0 Å². The topological polar surface area (TPSA) is 41.1 Å². The van der Waals surface area contributed by atoms with Crippen LogP contribution in [0.5, 0.6) is 0 Å². The van der Waals surface area contributed by atoms with Crippen molar-refractivity contribution < 1.29 is 4.79 Å². The first kappa shape index (κ1) is 13.3. The Hall–Kier alpha value is -0.650. The molecule has 1 aromatic carbocycles. The van der Waals surface area contributed by atoms with Gasteiger partial charge in [-0.05, 0) is 25.0 Å². The predicted octanol–water partition coefficient (Wildman–Crippen LogP) is 2.09. The van der Waals surface area contributed by atoms with E-state index in [-0.39, 0.29) is 16.7 Å². The molecule has 1 aliphatic carbocycles. The van der Waals surface area contributed by atoms with Crippen LogP contribution in [-0.4, -0.2) is 34.9 Å². The van der Waals surface area contributed by atoms with E-state index in [4.69, 9.17) is 0 Å². The minimum absolute atomic E-state index is 0.00234. The van der Waals surface area contributed by atoms with Gasteiger partial charge in [0.25, 0.3) is 0 Å². The highest BCUT2D eigenvalue weighted by Crippen LogP contribution is 2.51. The van der Waals surface area contributed by atoms with Gasteiger partial charge >= 0.3 is 0 Å². The zero-order chi connectivity index (χ0) is 13.1. The predicted molar refractivity (Wildman–Crippen MR) is 81.5 cm³/mol. The summed E-state index contributed by atoms with van der Waals surface area (Å²) < 4.78 is 0.239. The SMILES string of the molecule is O=C(NCC1(Sc2ccccc2)CC1)C1CSCN1. The maximum atomic E-state index is 12.0. The summed E-state index contributed by atoms with van der Waals surface area (Å²) in [5, 5.41) is 6.32. The fraction of sp³-hybridized carbons (Fsp3) is 0.500. The Labute approximate surface area is 122 Å². The molecule has 102 valence electrons. The number of hydrogen-bond donors (Lipinski definition) is 2. The van der Waals surface area contributed by atoms with Crippen LogP contribution in [0.3, 0.4) is 0 Å². The molecule has 0 spiro atoms. The van der Waals surface area contributed by atoms with Gasteiger partial charge in [-0.1, -0.05) is 18.2 Å². The van der Waals surface area contributed by atoms with Gasteiger partial charge in [0, 0.05) is 27.8 Å². The van der Waals surface area contributed by atoms with E-state index >= 15 is 0 Å². The Morgan fingerprint density at radius 1 is 1.42 bits per heavy atom. The molecule has 2 N–H and O–H groups in total. The summed E-state index contributed by atoms with van der Waals surface area (Å²) in [5.74, 6) is 1.94. The highest BCUT2D eigenvalue weighted by Gasteiger charge is 2.44. The minimum atomic E-state index is 0.00234. The Morgan fingerprint density at radius 2 is 2.21 bits per heavy atom. The van der Waals surface area contributed by atoms with Crippen LogP contribution in [-0.2, 0) is 4.79 Å². The second kappa shape index (κ2) is 5.77. The molecule has 0 radical (unpaired) electrons. The van der Waals surface area contributed by atoms with E-state index in [2.05, 4.69) is 34.9 Å². The van der Waals surface area contributed by atoms with Crippen molar-refractivity contribution in [2.75, 3.05) is 18.2 Å². The van der Waals surface area contributed by atoms with Crippen LogP contribution in [0.15, 0.2) is 35.2 Å². The standard InChI is InChI=1S/C14H18N2OS2/c17-13(12-8-18-10-16-12)15-9-14(6-7-14)19-11-4-2-1-3-5-11/h1-5,12,16H,6-10H2,(H,15,17). The average molecular weight is 294 g/mol. The minimum Gasteiger partial charge on any atom is -0.353 e. The number of rotatable bonds is 5. The lowest BCUT2D eigenvalue weighted by Gasteiger charge is -2.17. The monoisotopic (exact) mass is 294 g/mol. The molecule has 2 fully saturated rings. The van der Waals surface area contributed by atoms with Crippen molar-refractivity contribution in [2.24, 2.45) is 0 Å². The Bertz CT molecular complexity index is 442. The normalized spacial score (nSPS) is 24.1. The Balaban J connectivity index is 1.50. The van der Waals surface area contributed by atoms with Crippen LogP contribution < -0.4 is 10.6 Å². The molecule has 1 heterocycles. The average Bonchev–Trinajstić information content (AvgIpc) is 2.99. The number of carbonyl (C=O) groups is 1. The molecular formula is C14H18N2OS2. The highest BCUT2D eigenvalue weighted by molar-refractivity contribution is 8.01. The maximum Gasteiger partial charge on any atom is 0.238 e. The second-order valence-electron chi connectivity index (χ2n) is 5.09. The molecule has 1 atom stereocenters. The fourth-order valence-corrected chi connectivity index (χ4v) is 4.31. The molecule has 3 rings (SSSR count). The molecule has 1 aliphatic heterocycles. The van der Waals surface area contributed by atoms with Crippen molar-refractivity contribution in [3.8, 4) is 0 Å². The number of thioether (sulfide) groups is 2. The molecule has 0 bridgehead atoms. The lowest BCUT2D eigenvalue weighted by molar-refractivity contribution is -0.122. The third kappa shape index (κ3) is 3.46. The fourth-order valence-electron chi connectivity index (χ4n) is 2.13. The van der Waals surface area contributed by atoms with Gasteiger partial charge in [0.1, 0.15) is 0 Å². The highest BCUT2D eigenvalue weighted by atomic mass is 32.2. The summed E-state index contributed by atoms with van der Waals surface area (Å²) in [6, 6.07) is 10.5. The molecule has 0 aromatic heterocycles. The molecule has 1 saturated heterocycles. The smallest absolute Gasteiger partial charge is 0.238 e. The van der Waals surface area contributed by atoms with Crippen LogP contribution in [0.2, 0.25) is 0 Å². The molecule has 2 aliphatic rings. The summed E-state index contributed by atoms with van der Waals surface area (Å²) in [6.45, 7) is 0.786. The van der Waals surface area contributed by atoms with Crippen molar-refractivity contribution >= 4 is 29.4 Å². The Morgan fingerprint density at radius 3 is 2.84 bits per heavy atom. The van der Waals surface area contributed by atoms with E-state index in [0.717, 1.165) is 18.2 Å². The van der Waals surface area contributed by atoms with E-state index in [9.17, 15) is 4.79 Å². The number of hydrogen-bond acceptors (Lipinski definition) is 4. The molecule has 1 unspecified atom stereocenters. The first-order valence-corrected chi connectivity index (χ1v) is 8.57. The Kier molecular flexibility index (Phi) is 4.05. The maximum absolute atomic E-state index is 12.0. The quantitative estimate of drug-likeness (QED) is 0.872. The molecule has 1 amide bonds. The summed E-state index contributed by atoms with van der Waals surface area (Å²) in [6.07, 6.45) is 2.39. The molecule has 3 nitrogen and oxygen atoms in total. The van der Waals surface area contributed by atoms with E-state index in [0.29, 0.717) is 0 Å². The molecule has 19 heavy (non-hydrogen) atoms. The third-order valence-electron chi connectivity index (χ3n) is 3.50. The van der Waals surface area contributed by atoms with Crippen LogP contribution in [0.1, 0.15) is 12.8 Å². The van der Waals surface area contributed by atoms with Crippen molar-refractivity contribution in [1.29, 1.82) is 0 Å². The van der Waals surface area contributed by atoms with Crippen molar-refractivity contribution in [2.45, 2.75) is 28.5 Å². The number of amides is 1. The van der Waals surface area contributed by atoms with Crippen LogP contribution >= 0.6 is 23.5 Å². The van der Waals surface area contributed by atoms with Gasteiger partial charge in [-0.15, -0.1) is 23.5 Å². The van der Waals surface area contributed by atoms with E-state index in [1.54, 1.807) is 11.8 Å². The number of carbonyl (C=O) groups excluding carboxylic acids is 1. The van der Waals surface area contributed by atoms with Crippen LogP contribution in [0.4, 0.5) is 0 Å². The lowest BCUT2D eigenvalue weighted by atomic mass is 10.3. The summed E-state index contributed by atoms with van der Waals surface area (Å²) in [4.78, 5) is 13.3. The van der Waals surface area contributed by atoms with Crippen LogP contribution in [0.25, 0.3) is 0 Å². The van der Waals surface area contributed by atoms with Gasteiger partial charge < -0.3 is 5.32 Å². The third-order valence-corrected chi connectivity index (χ3v) is 5.94. The molecular weight excluding hydrogens is 276 g/mol. The van der Waals surface area contributed by atoms with E-state index in [1.165, 1.54) is 17.7 Å². The zero-order valence-electron chi connectivity index (χ0n) is 10.7. The first-order valence-electron chi connectivity index (χ1n) is 6.60. The largest absolute Gasteiger partial charge is 0.353 e. The number of nitrogens with one attached hydrogen (secondary N) is 2. The van der Waals surface area contributed by atoms with Crippen molar-refractivity contribution in [3.05, 3.63) is 30.3 Å². The molecule has 1 aromatic rings. The lowest BCUT2D eigenvalue weighted by Crippen LogP contribution is -2.44. The van der Waals surface area contributed by atoms with Gasteiger partial charge in [0.15, 0.2) is 0 Å². The van der Waals surface area contributed by atoms with Gasteiger partial charge in [-0.3, -0.25) is 10.1 Å². The first-order chi connectivity index (χ1) is 9.27. The van der Waals surface area contributed by atoms with Crippen molar-refractivity contribution in [3.63, 3.8) is 0 Å². The second-order valence-corrected chi connectivity index (χ2v) is 7.66. The zero-order valence-corrected chi connectivity index (χ0v) is 12.4.